The van der Waals surface area contributed by atoms with Crippen molar-refractivity contribution in [3.8, 4) is 6.07 Å². The summed E-state index contributed by atoms with van der Waals surface area (Å²) in [5.74, 6) is 0.228. The van der Waals surface area contributed by atoms with E-state index in [4.69, 9.17) is 11.6 Å². The number of nitrogens with zero attached hydrogens (tertiary/aromatic N) is 2. The molecule has 0 aliphatic heterocycles. The van der Waals surface area contributed by atoms with Gasteiger partial charge < -0.3 is 4.98 Å². The molecule has 2 aromatic carbocycles. The molecule has 0 aliphatic rings. The second-order valence-corrected chi connectivity index (χ2v) is 5.03. The van der Waals surface area contributed by atoms with Crippen LogP contribution in [0.3, 0.4) is 0 Å². The Morgan fingerprint density at radius 1 is 1.18 bits per heavy atom. The molecule has 3 aromatic rings. The lowest BCUT2D eigenvalue weighted by molar-refractivity contribution is 1.13. The highest BCUT2D eigenvalue weighted by Gasteiger charge is 2.08. The summed E-state index contributed by atoms with van der Waals surface area (Å²) in [7, 11) is 0. The molecule has 0 atom stereocenters. The largest absolute Gasteiger partial charge is 0.305 e. The predicted octanol–water partition coefficient (Wildman–Crippen LogP) is 3.64. The molecular weight excluding hydrogens is 298 g/mol. The Morgan fingerprint density at radius 2 is 1.91 bits per heavy atom. The number of nitrogens with one attached hydrogen (secondary N) is 1. The summed E-state index contributed by atoms with van der Waals surface area (Å²) in [6.45, 7) is 0. The van der Waals surface area contributed by atoms with E-state index in [0.29, 0.717) is 21.5 Å². The van der Waals surface area contributed by atoms with Crippen LogP contribution in [0.5, 0.6) is 0 Å². The summed E-state index contributed by atoms with van der Waals surface area (Å²) < 4.78 is 0. The van der Waals surface area contributed by atoms with Gasteiger partial charge in [0.05, 0.1) is 16.5 Å². The predicted molar refractivity (Wildman–Crippen MR) is 87.3 cm³/mol. The van der Waals surface area contributed by atoms with E-state index in [9.17, 15) is 10.1 Å². The molecule has 0 radical (unpaired) electrons. The average molecular weight is 308 g/mol. The minimum absolute atomic E-state index is 0.228. The number of rotatable bonds is 2. The molecule has 4 nitrogen and oxygen atoms in total. The number of aromatic nitrogens is 2. The number of para-hydroxylation sites is 1. The molecule has 0 saturated heterocycles. The van der Waals surface area contributed by atoms with Crippen LogP contribution >= 0.6 is 11.6 Å². The summed E-state index contributed by atoms with van der Waals surface area (Å²) in [4.78, 5) is 19.1. The smallest absolute Gasteiger partial charge is 0.259 e. The van der Waals surface area contributed by atoms with Gasteiger partial charge in [0, 0.05) is 5.02 Å². The Kier molecular flexibility index (Phi) is 3.73. The molecule has 0 unspecified atom stereocenters. The first-order valence-electron chi connectivity index (χ1n) is 6.55. The van der Waals surface area contributed by atoms with Crippen LogP contribution in [0, 0.1) is 11.3 Å². The summed E-state index contributed by atoms with van der Waals surface area (Å²) >= 11 is 6.09. The maximum Gasteiger partial charge on any atom is 0.259 e. The Morgan fingerprint density at radius 3 is 2.68 bits per heavy atom. The summed E-state index contributed by atoms with van der Waals surface area (Å²) in [5, 5.41) is 10.4. The fourth-order valence-electron chi connectivity index (χ4n) is 2.12. The number of allylic oxidation sites excluding steroid dienone is 1. The van der Waals surface area contributed by atoms with Gasteiger partial charge in [-0.25, -0.2) is 4.98 Å². The van der Waals surface area contributed by atoms with Crippen LogP contribution in [-0.2, 0) is 0 Å². The van der Waals surface area contributed by atoms with Gasteiger partial charge in [-0.05, 0) is 29.8 Å². The van der Waals surface area contributed by atoms with E-state index in [0.717, 1.165) is 0 Å². The molecule has 0 saturated carbocycles. The first-order chi connectivity index (χ1) is 10.7. The normalized spacial score (nSPS) is 11.4. The van der Waals surface area contributed by atoms with Crippen LogP contribution in [0.25, 0.3) is 22.6 Å². The van der Waals surface area contributed by atoms with Gasteiger partial charge in [-0.3, -0.25) is 4.79 Å². The number of nitriles is 1. The van der Waals surface area contributed by atoms with Crippen molar-refractivity contribution in [3.05, 3.63) is 75.3 Å². The van der Waals surface area contributed by atoms with Crippen LogP contribution in [-0.4, -0.2) is 9.97 Å². The quantitative estimate of drug-likeness (QED) is 0.735. The number of aromatic amines is 1. The second-order valence-electron chi connectivity index (χ2n) is 4.62. The molecule has 1 aromatic heterocycles. The second kappa shape index (κ2) is 5.84. The Balaban J connectivity index is 2.18. The van der Waals surface area contributed by atoms with Crippen LogP contribution < -0.4 is 5.56 Å². The summed E-state index contributed by atoms with van der Waals surface area (Å²) in [6, 6.07) is 16.2. The zero-order valence-electron chi connectivity index (χ0n) is 11.4. The summed E-state index contributed by atoms with van der Waals surface area (Å²) in [5.41, 5.74) is 1.20. The Bertz CT molecular complexity index is 983. The minimum atomic E-state index is -0.277. The van der Waals surface area contributed by atoms with Crippen molar-refractivity contribution in [1.82, 2.24) is 9.97 Å². The average Bonchev–Trinajstić information content (AvgIpc) is 2.54. The van der Waals surface area contributed by atoms with Gasteiger partial charge in [0.25, 0.3) is 5.56 Å². The maximum absolute atomic E-state index is 12.1. The SMILES string of the molecule is N#CC(=Cc1ccccc1Cl)c1nc2ccccc2c(=O)[nH]1. The third-order valence-electron chi connectivity index (χ3n) is 3.19. The molecule has 1 N–H and O–H groups in total. The van der Waals surface area contributed by atoms with Crippen LogP contribution in [0.15, 0.2) is 53.3 Å². The summed E-state index contributed by atoms with van der Waals surface area (Å²) in [6.07, 6.45) is 1.61. The van der Waals surface area contributed by atoms with Crippen LogP contribution in [0.2, 0.25) is 5.02 Å². The highest BCUT2D eigenvalue weighted by molar-refractivity contribution is 6.32. The fourth-order valence-corrected chi connectivity index (χ4v) is 2.31. The first kappa shape index (κ1) is 14.1. The van der Waals surface area contributed by atoms with E-state index in [1.54, 1.807) is 42.5 Å². The lowest BCUT2D eigenvalue weighted by atomic mass is 10.1. The fraction of sp³-hybridized carbons (Fsp3) is 0. The zero-order chi connectivity index (χ0) is 15.5. The van der Waals surface area contributed by atoms with E-state index in [-0.39, 0.29) is 17.0 Å². The van der Waals surface area contributed by atoms with E-state index >= 15 is 0 Å². The van der Waals surface area contributed by atoms with Crippen molar-refractivity contribution in [1.29, 1.82) is 5.26 Å². The van der Waals surface area contributed by atoms with Crippen molar-refractivity contribution >= 4 is 34.2 Å². The molecule has 0 aliphatic carbocycles. The van der Waals surface area contributed by atoms with Crippen molar-refractivity contribution in [2.75, 3.05) is 0 Å². The molecule has 106 valence electrons. The third kappa shape index (κ3) is 2.62. The molecule has 5 heteroatoms. The first-order valence-corrected chi connectivity index (χ1v) is 6.92. The van der Waals surface area contributed by atoms with E-state index < -0.39 is 0 Å². The van der Waals surface area contributed by atoms with Gasteiger partial charge in [0.15, 0.2) is 5.82 Å². The highest BCUT2D eigenvalue weighted by Crippen LogP contribution is 2.21. The standard InChI is InChI=1S/C17H10ClN3O/c18-14-7-3-1-5-11(14)9-12(10-19)16-20-15-8-4-2-6-13(15)17(22)21-16/h1-9H,(H,20,21,22). The van der Waals surface area contributed by atoms with Crippen molar-refractivity contribution in [2.45, 2.75) is 0 Å². The molecule has 0 spiro atoms. The Hall–Kier alpha value is -2.90. The van der Waals surface area contributed by atoms with Gasteiger partial charge in [-0.1, -0.05) is 41.9 Å². The number of fused-ring (bicyclic) bond motifs is 1. The van der Waals surface area contributed by atoms with Gasteiger partial charge >= 0.3 is 0 Å². The minimum Gasteiger partial charge on any atom is -0.305 e. The van der Waals surface area contributed by atoms with Crippen LogP contribution in [0.4, 0.5) is 0 Å². The third-order valence-corrected chi connectivity index (χ3v) is 3.54. The lowest BCUT2D eigenvalue weighted by Gasteiger charge is -2.03. The van der Waals surface area contributed by atoms with Gasteiger partial charge in [-0.2, -0.15) is 5.26 Å². The van der Waals surface area contributed by atoms with E-state index in [2.05, 4.69) is 16.0 Å². The molecule has 22 heavy (non-hydrogen) atoms. The molecule has 1 heterocycles. The van der Waals surface area contributed by atoms with E-state index in [1.165, 1.54) is 0 Å². The topological polar surface area (TPSA) is 69.5 Å². The lowest BCUT2D eigenvalue weighted by Crippen LogP contribution is -2.11. The molecule has 0 bridgehead atoms. The molecule has 3 rings (SSSR count). The molecule has 0 amide bonds. The number of H-pyrrole nitrogens is 1. The number of hydrogen-bond acceptors (Lipinski definition) is 3. The molecular formula is C17H10ClN3O. The van der Waals surface area contributed by atoms with Gasteiger partial charge in [0.1, 0.15) is 6.07 Å². The van der Waals surface area contributed by atoms with Gasteiger partial charge in [-0.15, -0.1) is 0 Å². The van der Waals surface area contributed by atoms with Crippen molar-refractivity contribution in [3.63, 3.8) is 0 Å². The maximum atomic E-state index is 12.1. The van der Waals surface area contributed by atoms with E-state index in [1.807, 2.05) is 12.1 Å². The van der Waals surface area contributed by atoms with Gasteiger partial charge in [0.2, 0.25) is 0 Å². The van der Waals surface area contributed by atoms with Crippen molar-refractivity contribution < 1.29 is 0 Å². The molecule has 0 fully saturated rings. The number of halogens is 1. The van der Waals surface area contributed by atoms with Crippen molar-refractivity contribution in [2.24, 2.45) is 0 Å². The number of benzene rings is 2. The highest BCUT2D eigenvalue weighted by atomic mass is 35.5. The Labute approximate surface area is 131 Å². The number of hydrogen-bond donors (Lipinski definition) is 1. The zero-order valence-corrected chi connectivity index (χ0v) is 12.1. The monoisotopic (exact) mass is 307 g/mol. The van der Waals surface area contributed by atoms with Crippen LogP contribution in [0.1, 0.15) is 11.4 Å².